The van der Waals surface area contributed by atoms with Gasteiger partial charge in [-0.25, -0.2) is 0 Å². The van der Waals surface area contributed by atoms with Gasteiger partial charge in [-0.1, -0.05) is 11.6 Å². The van der Waals surface area contributed by atoms with Crippen LogP contribution in [0.15, 0.2) is 22.7 Å². The van der Waals surface area contributed by atoms with Crippen LogP contribution >= 0.6 is 15.9 Å². The van der Waals surface area contributed by atoms with E-state index >= 15 is 0 Å². The van der Waals surface area contributed by atoms with Gasteiger partial charge in [0.15, 0.2) is 0 Å². The highest BCUT2D eigenvalue weighted by molar-refractivity contribution is 9.10. The maximum Gasteiger partial charge on any atom is 0.255 e. The van der Waals surface area contributed by atoms with E-state index in [0.717, 1.165) is 35.1 Å². The molecule has 0 spiro atoms. The van der Waals surface area contributed by atoms with Crippen LogP contribution in [0.2, 0.25) is 0 Å². The molecule has 1 heterocycles. The first-order valence-electron chi connectivity index (χ1n) is 7.39. The standard InChI is InChI=1S/C16H23BrN2O2/c1-12-5-6-15(17)14(10-12)16(20)19(8-9-21-2)11-13-4-3-7-18-13/h5-6,10,13,18H,3-4,7-9,11H2,1-2H3. The third kappa shape index (κ3) is 4.53. The summed E-state index contributed by atoms with van der Waals surface area (Å²) < 4.78 is 6.00. The molecular formula is C16H23BrN2O2. The minimum Gasteiger partial charge on any atom is -0.383 e. The van der Waals surface area contributed by atoms with E-state index in [9.17, 15) is 4.79 Å². The summed E-state index contributed by atoms with van der Waals surface area (Å²) in [6, 6.07) is 6.27. The molecule has 1 atom stereocenters. The molecular weight excluding hydrogens is 332 g/mol. The SMILES string of the molecule is COCCN(CC1CCCN1)C(=O)c1cc(C)ccc1Br. The summed E-state index contributed by atoms with van der Waals surface area (Å²) in [5.41, 5.74) is 1.82. The van der Waals surface area contributed by atoms with Gasteiger partial charge in [-0.2, -0.15) is 0 Å². The van der Waals surface area contributed by atoms with Gasteiger partial charge in [0, 0.05) is 30.7 Å². The second-order valence-electron chi connectivity index (χ2n) is 5.52. The van der Waals surface area contributed by atoms with Gasteiger partial charge in [-0.3, -0.25) is 4.79 Å². The number of nitrogens with zero attached hydrogens (tertiary/aromatic N) is 1. The zero-order valence-corrected chi connectivity index (χ0v) is 14.3. The van der Waals surface area contributed by atoms with Crippen molar-refractivity contribution >= 4 is 21.8 Å². The number of nitrogens with one attached hydrogen (secondary N) is 1. The number of ether oxygens (including phenoxy) is 1. The van der Waals surface area contributed by atoms with E-state index in [1.54, 1.807) is 7.11 Å². The van der Waals surface area contributed by atoms with Crippen LogP contribution in [0.3, 0.4) is 0 Å². The number of hydrogen-bond acceptors (Lipinski definition) is 3. The lowest BCUT2D eigenvalue weighted by Gasteiger charge is -2.26. The number of amides is 1. The summed E-state index contributed by atoms with van der Waals surface area (Å²) in [5, 5.41) is 3.45. The monoisotopic (exact) mass is 354 g/mol. The first-order valence-corrected chi connectivity index (χ1v) is 8.19. The highest BCUT2D eigenvalue weighted by Crippen LogP contribution is 2.20. The van der Waals surface area contributed by atoms with Crippen LogP contribution in [0.4, 0.5) is 0 Å². The Bertz CT molecular complexity index is 487. The molecule has 1 fully saturated rings. The number of carbonyl (C=O) groups excluding carboxylic acids is 1. The van der Waals surface area contributed by atoms with Gasteiger partial charge in [-0.15, -0.1) is 0 Å². The lowest BCUT2D eigenvalue weighted by Crippen LogP contribution is -2.42. The van der Waals surface area contributed by atoms with Crippen LogP contribution in [-0.4, -0.2) is 50.2 Å². The summed E-state index contributed by atoms with van der Waals surface area (Å²) in [4.78, 5) is 14.7. The van der Waals surface area contributed by atoms with Crippen molar-refractivity contribution in [1.29, 1.82) is 0 Å². The smallest absolute Gasteiger partial charge is 0.255 e. The predicted octanol–water partition coefficient (Wildman–Crippen LogP) is 2.60. The maximum atomic E-state index is 12.8. The first kappa shape index (κ1) is 16.5. The molecule has 1 unspecified atom stereocenters. The molecule has 1 aromatic rings. The van der Waals surface area contributed by atoms with Crippen LogP contribution < -0.4 is 5.32 Å². The van der Waals surface area contributed by atoms with E-state index in [2.05, 4.69) is 21.2 Å². The zero-order chi connectivity index (χ0) is 15.2. The van der Waals surface area contributed by atoms with Crippen molar-refractivity contribution in [2.45, 2.75) is 25.8 Å². The minimum absolute atomic E-state index is 0.0660. The van der Waals surface area contributed by atoms with E-state index in [1.165, 1.54) is 6.42 Å². The Morgan fingerprint density at radius 2 is 2.33 bits per heavy atom. The number of benzene rings is 1. The fourth-order valence-electron chi connectivity index (χ4n) is 2.63. The summed E-state index contributed by atoms with van der Waals surface area (Å²) in [7, 11) is 1.67. The molecule has 1 aliphatic rings. The summed E-state index contributed by atoms with van der Waals surface area (Å²) >= 11 is 3.49. The normalized spacial score (nSPS) is 18.0. The molecule has 1 saturated heterocycles. The van der Waals surface area contributed by atoms with Gasteiger partial charge in [0.2, 0.25) is 0 Å². The Labute approximate surface area is 135 Å². The molecule has 0 saturated carbocycles. The van der Waals surface area contributed by atoms with Crippen molar-refractivity contribution in [3.05, 3.63) is 33.8 Å². The topological polar surface area (TPSA) is 41.6 Å². The van der Waals surface area contributed by atoms with Crippen molar-refractivity contribution < 1.29 is 9.53 Å². The lowest BCUT2D eigenvalue weighted by atomic mass is 10.1. The Hall–Kier alpha value is -0.910. The third-order valence-electron chi connectivity index (χ3n) is 3.81. The molecule has 0 radical (unpaired) electrons. The number of methoxy groups -OCH3 is 1. The Balaban J connectivity index is 2.13. The van der Waals surface area contributed by atoms with E-state index in [0.29, 0.717) is 19.2 Å². The van der Waals surface area contributed by atoms with Crippen LogP contribution in [0, 0.1) is 6.92 Å². The van der Waals surface area contributed by atoms with Crippen LogP contribution in [0.5, 0.6) is 0 Å². The number of aryl methyl sites for hydroxylation is 1. The summed E-state index contributed by atoms with van der Waals surface area (Å²) in [6.45, 7) is 4.96. The average molecular weight is 355 g/mol. The lowest BCUT2D eigenvalue weighted by molar-refractivity contribution is 0.0678. The van der Waals surface area contributed by atoms with Gasteiger partial charge >= 0.3 is 0 Å². The molecule has 1 aromatic carbocycles. The van der Waals surface area contributed by atoms with Crippen molar-refractivity contribution in [1.82, 2.24) is 10.2 Å². The first-order chi connectivity index (χ1) is 10.1. The van der Waals surface area contributed by atoms with Gasteiger partial charge in [0.05, 0.1) is 12.2 Å². The van der Waals surface area contributed by atoms with E-state index in [1.807, 2.05) is 30.0 Å². The Kier molecular flexibility index (Phi) is 6.21. The molecule has 116 valence electrons. The van der Waals surface area contributed by atoms with E-state index in [4.69, 9.17) is 4.74 Å². The van der Waals surface area contributed by atoms with E-state index in [-0.39, 0.29) is 5.91 Å². The molecule has 21 heavy (non-hydrogen) atoms. The van der Waals surface area contributed by atoms with Crippen LogP contribution in [0.25, 0.3) is 0 Å². The largest absolute Gasteiger partial charge is 0.383 e. The molecule has 5 heteroatoms. The second-order valence-corrected chi connectivity index (χ2v) is 6.37. The van der Waals surface area contributed by atoms with Crippen molar-refractivity contribution in [2.75, 3.05) is 33.4 Å². The third-order valence-corrected chi connectivity index (χ3v) is 4.50. The van der Waals surface area contributed by atoms with Crippen molar-refractivity contribution in [3.8, 4) is 0 Å². The van der Waals surface area contributed by atoms with Gasteiger partial charge < -0.3 is 15.0 Å². The fraction of sp³-hybridized carbons (Fsp3) is 0.562. The molecule has 2 rings (SSSR count). The number of halogens is 1. The molecule has 0 aromatic heterocycles. The minimum atomic E-state index is 0.0660. The number of hydrogen-bond donors (Lipinski definition) is 1. The molecule has 1 N–H and O–H groups in total. The highest BCUT2D eigenvalue weighted by Gasteiger charge is 2.23. The van der Waals surface area contributed by atoms with Crippen LogP contribution in [0.1, 0.15) is 28.8 Å². The second kappa shape index (κ2) is 7.92. The van der Waals surface area contributed by atoms with Crippen LogP contribution in [-0.2, 0) is 4.74 Å². The summed E-state index contributed by atoms with van der Waals surface area (Å²) in [5.74, 6) is 0.0660. The summed E-state index contributed by atoms with van der Waals surface area (Å²) in [6.07, 6.45) is 2.32. The average Bonchev–Trinajstić information content (AvgIpc) is 2.98. The zero-order valence-electron chi connectivity index (χ0n) is 12.7. The predicted molar refractivity (Wildman–Crippen MR) is 87.7 cm³/mol. The molecule has 4 nitrogen and oxygen atoms in total. The molecule has 1 aliphatic heterocycles. The molecule has 0 aliphatic carbocycles. The fourth-order valence-corrected chi connectivity index (χ4v) is 3.05. The number of carbonyl (C=O) groups is 1. The molecule has 1 amide bonds. The van der Waals surface area contributed by atoms with Crippen molar-refractivity contribution in [2.24, 2.45) is 0 Å². The molecule has 0 bridgehead atoms. The quantitative estimate of drug-likeness (QED) is 0.853. The van der Waals surface area contributed by atoms with Gasteiger partial charge in [0.1, 0.15) is 0 Å². The van der Waals surface area contributed by atoms with E-state index < -0.39 is 0 Å². The van der Waals surface area contributed by atoms with Crippen molar-refractivity contribution in [3.63, 3.8) is 0 Å². The number of rotatable bonds is 6. The highest BCUT2D eigenvalue weighted by atomic mass is 79.9. The van der Waals surface area contributed by atoms with Gasteiger partial charge in [0.25, 0.3) is 5.91 Å². The maximum absolute atomic E-state index is 12.8. The van der Waals surface area contributed by atoms with Gasteiger partial charge in [-0.05, 0) is 54.4 Å². The Morgan fingerprint density at radius 1 is 1.52 bits per heavy atom. The Morgan fingerprint density at radius 3 is 3.00 bits per heavy atom.